The van der Waals surface area contributed by atoms with Gasteiger partial charge >= 0.3 is 0 Å². The molecule has 0 atom stereocenters. The normalized spacial score (nSPS) is 10.5. The largest absolute Gasteiger partial charge is 0.387 e. The van der Waals surface area contributed by atoms with E-state index in [-0.39, 0.29) is 5.84 Å². The summed E-state index contributed by atoms with van der Waals surface area (Å²) in [5.74, 6) is 0.186. The summed E-state index contributed by atoms with van der Waals surface area (Å²) in [7, 11) is 0. The molecule has 0 fully saturated rings. The number of nitrogens with zero attached hydrogens (tertiary/aromatic N) is 1. The maximum atomic E-state index is 7.33. The minimum absolute atomic E-state index is 0.186. The maximum absolute atomic E-state index is 7.33. The summed E-state index contributed by atoms with van der Waals surface area (Å²) in [5, 5.41) is 8.42. The van der Waals surface area contributed by atoms with Gasteiger partial charge in [-0.1, -0.05) is 18.2 Å². The van der Waals surface area contributed by atoms with Crippen LogP contribution in [0.2, 0.25) is 0 Å². The molecule has 0 unspecified atom stereocenters. The fourth-order valence-corrected chi connectivity index (χ4v) is 1.75. The number of hydrogen-bond donors (Lipinski definition) is 2. The molecule has 2 rings (SSSR count). The van der Waals surface area contributed by atoms with Crippen LogP contribution in [-0.2, 0) is 6.42 Å². The Morgan fingerprint density at radius 1 is 1.40 bits per heavy atom. The second-order valence-electron chi connectivity index (χ2n) is 3.64. The Balaban J connectivity index is 2.65. The highest BCUT2D eigenvalue weighted by molar-refractivity contribution is 5.88. The molecule has 0 saturated heterocycles. The highest BCUT2D eigenvalue weighted by Gasteiger charge is 2.04. The molecule has 2 aromatic rings. The van der Waals surface area contributed by atoms with Gasteiger partial charge in [0.2, 0.25) is 0 Å². The SMILES string of the molecule is Cc1cc(CC(=N)N)c2ccccc2n1. The third kappa shape index (κ3) is 1.96. The third-order valence-electron chi connectivity index (χ3n) is 2.31. The van der Waals surface area contributed by atoms with Crippen LogP contribution in [0, 0.1) is 12.3 Å². The van der Waals surface area contributed by atoms with Crippen LogP contribution in [0.3, 0.4) is 0 Å². The van der Waals surface area contributed by atoms with Crippen molar-refractivity contribution in [3.63, 3.8) is 0 Å². The number of para-hydroxylation sites is 1. The molecule has 0 aliphatic carbocycles. The molecule has 3 nitrogen and oxygen atoms in total. The van der Waals surface area contributed by atoms with Gasteiger partial charge in [-0.25, -0.2) is 0 Å². The van der Waals surface area contributed by atoms with Crippen molar-refractivity contribution in [2.24, 2.45) is 5.73 Å². The average molecular weight is 199 g/mol. The van der Waals surface area contributed by atoms with Crippen LogP contribution in [0.4, 0.5) is 0 Å². The fraction of sp³-hybridized carbons (Fsp3) is 0.167. The Morgan fingerprint density at radius 2 is 2.13 bits per heavy atom. The Morgan fingerprint density at radius 3 is 2.87 bits per heavy atom. The number of nitrogens with one attached hydrogen (secondary N) is 1. The van der Waals surface area contributed by atoms with Gasteiger partial charge in [0, 0.05) is 17.5 Å². The monoisotopic (exact) mass is 199 g/mol. The van der Waals surface area contributed by atoms with E-state index in [1.165, 1.54) is 0 Å². The molecule has 1 aromatic heterocycles. The number of amidine groups is 1. The highest BCUT2D eigenvalue weighted by atomic mass is 14.7. The van der Waals surface area contributed by atoms with Crippen LogP contribution < -0.4 is 5.73 Å². The van der Waals surface area contributed by atoms with Crippen molar-refractivity contribution in [2.45, 2.75) is 13.3 Å². The van der Waals surface area contributed by atoms with Gasteiger partial charge in [0.25, 0.3) is 0 Å². The maximum Gasteiger partial charge on any atom is 0.0950 e. The van der Waals surface area contributed by atoms with Crippen LogP contribution in [0.15, 0.2) is 30.3 Å². The molecule has 76 valence electrons. The third-order valence-corrected chi connectivity index (χ3v) is 2.31. The van der Waals surface area contributed by atoms with Crippen LogP contribution >= 0.6 is 0 Å². The molecule has 0 amide bonds. The lowest BCUT2D eigenvalue weighted by molar-refractivity contribution is 1.19. The van der Waals surface area contributed by atoms with Gasteiger partial charge in [-0.3, -0.25) is 10.4 Å². The molecule has 1 aromatic carbocycles. The van der Waals surface area contributed by atoms with Gasteiger partial charge in [-0.05, 0) is 24.6 Å². The van der Waals surface area contributed by atoms with Crippen molar-refractivity contribution in [3.05, 3.63) is 41.6 Å². The lowest BCUT2D eigenvalue weighted by Crippen LogP contribution is -2.13. The summed E-state index contributed by atoms with van der Waals surface area (Å²) in [6.07, 6.45) is 0.490. The number of pyridine rings is 1. The summed E-state index contributed by atoms with van der Waals surface area (Å²) in [6.45, 7) is 1.95. The van der Waals surface area contributed by atoms with Crippen molar-refractivity contribution < 1.29 is 0 Å². The lowest BCUT2D eigenvalue weighted by Gasteiger charge is -2.06. The molecule has 0 bridgehead atoms. The first-order valence-corrected chi connectivity index (χ1v) is 4.85. The van der Waals surface area contributed by atoms with Crippen molar-refractivity contribution >= 4 is 16.7 Å². The van der Waals surface area contributed by atoms with Gasteiger partial charge in [0.1, 0.15) is 0 Å². The molecule has 0 aliphatic rings. The van der Waals surface area contributed by atoms with Gasteiger partial charge < -0.3 is 5.73 Å². The topological polar surface area (TPSA) is 62.8 Å². The summed E-state index contributed by atoms with van der Waals surface area (Å²) >= 11 is 0. The van der Waals surface area contributed by atoms with Gasteiger partial charge in [-0.15, -0.1) is 0 Å². The van der Waals surface area contributed by atoms with Gasteiger partial charge in [-0.2, -0.15) is 0 Å². The second-order valence-corrected chi connectivity index (χ2v) is 3.64. The van der Waals surface area contributed by atoms with Crippen LogP contribution in [0.25, 0.3) is 10.9 Å². The molecule has 3 heteroatoms. The molecule has 3 N–H and O–H groups in total. The lowest BCUT2D eigenvalue weighted by atomic mass is 10.0. The Hall–Kier alpha value is -1.90. The summed E-state index contributed by atoms with van der Waals surface area (Å²) in [5.41, 5.74) is 8.43. The van der Waals surface area contributed by atoms with Gasteiger partial charge in [0.05, 0.1) is 11.4 Å². The van der Waals surface area contributed by atoms with E-state index in [1.54, 1.807) is 0 Å². The smallest absolute Gasteiger partial charge is 0.0950 e. The number of rotatable bonds is 2. The van der Waals surface area contributed by atoms with Crippen molar-refractivity contribution in [3.8, 4) is 0 Å². The predicted molar refractivity (Wildman–Crippen MR) is 62.1 cm³/mol. The van der Waals surface area contributed by atoms with E-state index in [0.717, 1.165) is 22.2 Å². The first-order valence-electron chi connectivity index (χ1n) is 4.85. The number of aryl methyl sites for hydroxylation is 1. The molecule has 15 heavy (non-hydrogen) atoms. The molecule has 0 radical (unpaired) electrons. The molecule has 1 heterocycles. The zero-order chi connectivity index (χ0) is 10.8. The van der Waals surface area contributed by atoms with Crippen LogP contribution in [-0.4, -0.2) is 10.8 Å². The molecule has 0 aliphatic heterocycles. The van der Waals surface area contributed by atoms with Crippen LogP contribution in [0.5, 0.6) is 0 Å². The number of aromatic nitrogens is 1. The number of hydrogen-bond acceptors (Lipinski definition) is 2. The zero-order valence-corrected chi connectivity index (χ0v) is 8.62. The first kappa shape index (κ1) is 9.65. The van der Waals surface area contributed by atoms with Gasteiger partial charge in [0.15, 0.2) is 0 Å². The van der Waals surface area contributed by atoms with E-state index in [2.05, 4.69) is 4.98 Å². The Kier molecular flexibility index (Phi) is 2.37. The first-order chi connectivity index (χ1) is 7.16. The molecular formula is C12H13N3. The molecule has 0 saturated carbocycles. The molecule has 0 spiro atoms. The van der Waals surface area contributed by atoms with E-state index in [9.17, 15) is 0 Å². The second kappa shape index (κ2) is 3.69. The summed E-state index contributed by atoms with van der Waals surface area (Å²) < 4.78 is 0. The summed E-state index contributed by atoms with van der Waals surface area (Å²) in [6, 6.07) is 9.92. The van der Waals surface area contributed by atoms with Crippen LogP contribution in [0.1, 0.15) is 11.3 Å². The van der Waals surface area contributed by atoms with E-state index < -0.39 is 0 Å². The zero-order valence-electron chi connectivity index (χ0n) is 8.62. The quantitative estimate of drug-likeness (QED) is 0.574. The fourth-order valence-electron chi connectivity index (χ4n) is 1.75. The number of nitrogens with two attached hydrogens (primary N) is 1. The van der Waals surface area contributed by atoms with Crippen molar-refractivity contribution in [1.82, 2.24) is 4.98 Å². The van der Waals surface area contributed by atoms with Crippen molar-refractivity contribution in [2.75, 3.05) is 0 Å². The minimum Gasteiger partial charge on any atom is -0.387 e. The van der Waals surface area contributed by atoms with E-state index in [1.807, 2.05) is 37.3 Å². The number of benzene rings is 1. The number of fused-ring (bicyclic) bond motifs is 1. The van der Waals surface area contributed by atoms with E-state index >= 15 is 0 Å². The Labute approximate surface area is 88.5 Å². The van der Waals surface area contributed by atoms with E-state index in [4.69, 9.17) is 11.1 Å². The average Bonchev–Trinajstić information content (AvgIpc) is 2.16. The summed E-state index contributed by atoms with van der Waals surface area (Å²) in [4.78, 5) is 4.43. The minimum atomic E-state index is 0.186. The standard InChI is InChI=1S/C12H13N3/c1-8-6-9(7-12(13)14)10-4-2-3-5-11(10)15-8/h2-6H,7H2,1H3,(H3,13,14). The highest BCUT2D eigenvalue weighted by Crippen LogP contribution is 2.18. The molecular weight excluding hydrogens is 186 g/mol. The predicted octanol–water partition coefficient (Wildman–Crippen LogP) is 2.02. The van der Waals surface area contributed by atoms with E-state index in [0.29, 0.717) is 6.42 Å². The van der Waals surface area contributed by atoms with Crippen molar-refractivity contribution in [1.29, 1.82) is 5.41 Å². The Bertz CT molecular complexity index is 517.